The van der Waals surface area contributed by atoms with Gasteiger partial charge in [-0.1, -0.05) is 0 Å². The van der Waals surface area contributed by atoms with Gasteiger partial charge in [-0.05, 0) is 24.3 Å². The molecule has 0 aliphatic rings. The first-order valence-corrected chi connectivity index (χ1v) is 7.43. The lowest BCUT2D eigenvalue weighted by molar-refractivity contribution is 0.356. The number of aromatic nitrogens is 2. The molecule has 6 nitrogen and oxygen atoms in total. The summed E-state index contributed by atoms with van der Waals surface area (Å²) in [6, 6.07) is 9.29. The van der Waals surface area contributed by atoms with Crippen LogP contribution in [0.3, 0.4) is 0 Å². The van der Waals surface area contributed by atoms with E-state index in [1.807, 2.05) is 40.9 Å². The van der Waals surface area contributed by atoms with Crippen molar-refractivity contribution in [2.45, 2.75) is 0 Å². The molecule has 0 fully saturated rings. The number of benzene rings is 2. The van der Waals surface area contributed by atoms with Gasteiger partial charge in [-0.3, -0.25) is 4.79 Å². The fourth-order valence-electron chi connectivity index (χ4n) is 3.10. The maximum Gasteiger partial charge on any atom is 0.273 e. The van der Waals surface area contributed by atoms with Crippen LogP contribution in [0.1, 0.15) is 0 Å². The van der Waals surface area contributed by atoms with Gasteiger partial charge in [-0.2, -0.15) is 0 Å². The number of ether oxygens (including phenoxy) is 3. The van der Waals surface area contributed by atoms with Crippen LogP contribution in [0.15, 0.2) is 41.3 Å². The largest absolute Gasteiger partial charge is 0.497 e. The molecule has 0 saturated carbocycles. The normalized spacial score (nSPS) is 11.3. The second-order valence-electron chi connectivity index (χ2n) is 5.48. The van der Waals surface area contributed by atoms with Crippen LogP contribution in [0.25, 0.3) is 27.3 Å². The van der Waals surface area contributed by atoms with Gasteiger partial charge in [0.25, 0.3) is 5.56 Å². The molecule has 0 amide bonds. The van der Waals surface area contributed by atoms with Gasteiger partial charge in [0, 0.05) is 23.0 Å². The van der Waals surface area contributed by atoms with Gasteiger partial charge in [0.2, 0.25) is 0 Å². The first-order valence-electron chi connectivity index (χ1n) is 7.43. The van der Waals surface area contributed by atoms with Crippen molar-refractivity contribution in [1.29, 1.82) is 0 Å². The van der Waals surface area contributed by atoms with Gasteiger partial charge in [0.15, 0.2) is 11.5 Å². The Hall–Kier alpha value is -3.15. The van der Waals surface area contributed by atoms with E-state index in [9.17, 15) is 4.79 Å². The van der Waals surface area contributed by atoms with E-state index >= 15 is 0 Å². The fraction of sp³-hybridized carbons (Fsp3) is 0.167. The third-order valence-electron chi connectivity index (χ3n) is 4.25. The Bertz CT molecular complexity index is 1140. The molecule has 2 heterocycles. The zero-order valence-electron chi connectivity index (χ0n) is 13.5. The molecule has 0 radical (unpaired) electrons. The summed E-state index contributed by atoms with van der Waals surface area (Å²) in [7, 11) is 4.77. The first kappa shape index (κ1) is 14.4. The van der Waals surface area contributed by atoms with Crippen molar-refractivity contribution in [3.63, 3.8) is 0 Å². The van der Waals surface area contributed by atoms with Gasteiger partial charge in [-0.25, -0.2) is 0 Å². The van der Waals surface area contributed by atoms with Crippen molar-refractivity contribution in [2.75, 3.05) is 21.3 Å². The van der Waals surface area contributed by atoms with Gasteiger partial charge in [0.1, 0.15) is 11.3 Å². The topological polar surface area (TPSA) is 65.0 Å². The van der Waals surface area contributed by atoms with Crippen molar-refractivity contribution in [3.8, 4) is 17.2 Å². The Labute approximate surface area is 137 Å². The molecular weight excluding hydrogens is 308 g/mol. The molecule has 0 spiro atoms. The smallest absolute Gasteiger partial charge is 0.273 e. The predicted octanol–water partition coefficient (Wildman–Crippen LogP) is 2.96. The van der Waals surface area contributed by atoms with Crippen LogP contribution >= 0.6 is 0 Å². The van der Waals surface area contributed by atoms with Crippen molar-refractivity contribution < 1.29 is 14.2 Å². The fourth-order valence-corrected chi connectivity index (χ4v) is 3.10. The quantitative estimate of drug-likeness (QED) is 0.629. The minimum atomic E-state index is -0.169. The summed E-state index contributed by atoms with van der Waals surface area (Å²) in [4.78, 5) is 15.6. The molecule has 0 bridgehead atoms. The highest BCUT2D eigenvalue weighted by atomic mass is 16.5. The van der Waals surface area contributed by atoms with E-state index in [1.165, 1.54) is 0 Å². The number of fused-ring (bicyclic) bond motifs is 5. The lowest BCUT2D eigenvalue weighted by Crippen LogP contribution is -2.09. The van der Waals surface area contributed by atoms with E-state index in [-0.39, 0.29) is 5.56 Å². The Morgan fingerprint density at radius 2 is 1.71 bits per heavy atom. The molecule has 0 saturated heterocycles. The third-order valence-corrected chi connectivity index (χ3v) is 4.25. The van der Waals surface area contributed by atoms with Crippen molar-refractivity contribution in [3.05, 3.63) is 46.9 Å². The molecule has 0 atom stereocenters. The maximum atomic E-state index is 12.6. The minimum absolute atomic E-state index is 0.169. The van der Waals surface area contributed by atoms with Crippen LogP contribution in [-0.2, 0) is 0 Å². The van der Waals surface area contributed by atoms with Crippen LogP contribution in [0, 0.1) is 0 Å². The Kier molecular flexibility index (Phi) is 3.13. The minimum Gasteiger partial charge on any atom is -0.497 e. The lowest BCUT2D eigenvalue weighted by Gasteiger charge is -2.07. The third kappa shape index (κ3) is 1.93. The predicted molar refractivity (Wildman–Crippen MR) is 92.7 cm³/mol. The molecule has 4 aromatic rings. The highest BCUT2D eigenvalue weighted by molar-refractivity contribution is 6.01. The van der Waals surface area contributed by atoms with E-state index in [0.29, 0.717) is 28.3 Å². The zero-order chi connectivity index (χ0) is 16.8. The zero-order valence-corrected chi connectivity index (χ0v) is 13.5. The van der Waals surface area contributed by atoms with Crippen LogP contribution in [-0.4, -0.2) is 30.7 Å². The lowest BCUT2D eigenvalue weighted by atomic mass is 10.2. The summed E-state index contributed by atoms with van der Waals surface area (Å²) in [5.74, 6) is 1.91. The molecule has 24 heavy (non-hydrogen) atoms. The van der Waals surface area contributed by atoms with Crippen molar-refractivity contribution in [2.24, 2.45) is 0 Å². The van der Waals surface area contributed by atoms with Crippen molar-refractivity contribution >= 4 is 27.3 Å². The van der Waals surface area contributed by atoms with Crippen LogP contribution in [0.2, 0.25) is 0 Å². The van der Waals surface area contributed by atoms with Crippen LogP contribution < -0.4 is 19.8 Å². The van der Waals surface area contributed by atoms with E-state index in [0.717, 1.165) is 16.3 Å². The summed E-state index contributed by atoms with van der Waals surface area (Å²) < 4.78 is 17.8. The first-order chi connectivity index (χ1) is 11.7. The SMILES string of the molecule is COc1ccc2c(c1)[nH]c(=O)c1c3cc(OC)c(OC)cc3cn21. The Morgan fingerprint density at radius 1 is 0.958 bits per heavy atom. The number of methoxy groups -OCH3 is 3. The number of rotatable bonds is 3. The van der Waals surface area contributed by atoms with Crippen molar-refractivity contribution in [1.82, 2.24) is 9.38 Å². The standard InChI is InChI=1S/C18H16N2O4/c1-22-11-4-5-14-13(7-11)19-18(21)17-12-8-16(24-3)15(23-2)6-10(12)9-20(14)17/h4-9H,1-3H3,(H,19,21). The summed E-state index contributed by atoms with van der Waals surface area (Å²) in [6.45, 7) is 0. The van der Waals surface area contributed by atoms with Gasteiger partial charge < -0.3 is 23.6 Å². The van der Waals surface area contributed by atoms with E-state index < -0.39 is 0 Å². The molecular formula is C18H16N2O4. The highest BCUT2D eigenvalue weighted by Gasteiger charge is 2.14. The van der Waals surface area contributed by atoms with Gasteiger partial charge in [0.05, 0.1) is 32.4 Å². The number of hydrogen-bond acceptors (Lipinski definition) is 4. The monoisotopic (exact) mass is 324 g/mol. The van der Waals surface area contributed by atoms with Crippen LogP contribution in [0.5, 0.6) is 17.2 Å². The average molecular weight is 324 g/mol. The number of aromatic amines is 1. The molecule has 122 valence electrons. The van der Waals surface area contributed by atoms with E-state index in [1.54, 1.807) is 21.3 Å². The Balaban J connectivity index is 2.17. The molecule has 2 aromatic carbocycles. The molecule has 6 heteroatoms. The molecule has 4 rings (SSSR count). The second kappa shape index (κ2) is 5.19. The molecule has 0 unspecified atom stereocenters. The molecule has 0 aliphatic carbocycles. The van der Waals surface area contributed by atoms with E-state index in [2.05, 4.69) is 4.98 Å². The number of nitrogens with one attached hydrogen (secondary N) is 1. The number of nitrogens with zero attached hydrogens (tertiary/aromatic N) is 1. The maximum absolute atomic E-state index is 12.6. The molecule has 1 N–H and O–H groups in total. The van der Waals surface area contributed by atoms with Crippen LogP contribution in [0.4, 0.5) is 0 Å². The second-order valence-corrected chi connectivity index (χ2v) is 5.48. The van der Waals surface area contributed by atoms with Gasteiger partial charge >= 0.3 is 0 Å². The highest BCUT2D eigenvalue weighted by Crippen LogP contribution is 2.35. The summed E-state index contributed by atoms with van der Waals surface area (Å²) >= 11 is 0. The van der Waals surface area contributed by atoms with E-state index in [4.69, 9.17) is 14.2 Å². The number of hydrogen-bond donors (Lipinski definition) is 1. The summed E-state index contributed by atoms with van der Waals surface area (Å²) in [6.07, 6.45) is 1.93. The van der Waals surface area contributed by atoms with Gasteiger partial charge in [-0.15, -0.1) is 0 Å². The molecule has 2 aromatic heterocycles. The number of H-pyrrole nitrogens is 1. The summed E-state index contributed by atoms with van der Waals surface area (Å²) in [5, 5.41) is 1.72. The molecule has 0 aliphatic heterocycles. The Morgan fingerprint density at radius 3 is 2.42 bits per heavy atom. The summed E-state index contributed by atoms with van der Waals surface area (Å²) in [5.41, 5.74) is 2.01. The average Bonchev–Trinajstić information content (AvgIpc) is 2.98.